The summed E-state index contributed by atoms with van der Waals surface area (Å²) in [5, 5.41) is 8.73. The highest BCUT2D eigenvalue weighted by molar-refractivity contribution is 6.20. The van der Waals surface area contributed by atoms with Gasteiger partial charge in [-0.05, 0) is 50.1 Å². The number of para-hydroxylation sites is 1. The first kappa shape index (κ1) is 28.5. The summed E-state index contributed by atoms with van der Waals surface area (Å²) < 4.78 is 58.1. The Labute approximate surface area is 225 Å². The van der Waals surface area contributed by atoms with E-state index in [0.29, 0.717) is 22.4 Å². The Morgan fingerprint density at radius 2 is 1.85 bits per heavy atom. The minimum Gasteiger partial charge on any atom is -0.369 e. The fourth-order valence-corrected chi connectivity index (χ4v) is 4.59. The maximum Gasteiger partial charge on any atom is 0.389 e. The molecular weight excluding hydrogens is 534 g/mol. The molecule has 4 N–H and O–H groups in total. The van der Waals surface area contributed by atoms with Crippen LogP contribution in [-0.4, -0.2) is 40.9 Å². The number of aromatic nitrogens is 1. The number of primary amides is 1. The van der Waals surface area contributed by atoms with Crippen molar-refractivity contribution in [3.8, 4) is 0 Å². The highest BCUT2D eigenvalue weighted by atomic mass is 19.4. The van der Waals surface area contributed by atoms with Gasteiger partial charge in [0, 0.05) is 23.1 Å². The van der Waals surface area contributed by atoms with Crippen molar-refractivity contribution in [1.29, 1.82) is 0 Å². The molecule has 1 unspecified atom stereocenters. The number of carbonyl (C=O) groups is 3. The lowest BCUT2D eigenvalue weighted by atomic mass is 9.82. The molecule has 0 aliphatic carbocycles. The standard InChI is InChI=1S/C27H25F4N5O4/c1-13-4-3-5-18-21(13)34-26(39)24(33-22(18)15-6-8-16(28)9-7-15)35-25(38)17(10-11-27(29,30)31)20(23(32)37)19-12-40-36-14(19)2/h3-9,12,17,20,24H,10-11H2,1-2H3,(H2,32,37)(H,34,39)(H,35,38)/t17-,20-,24?/m1/s1. The second-order valence-electron chi connectivity index (χ2n) is 9.38. The minimum atomic E-state index is -4.64. The van der Waals surface area contributed by atoms with Crippen LogP contribution in [0.2, 0.25) is 0 Å². The Bertz CT molecular complexity index is 1470. The highest BCUT2D eigenvalue weighted by Crippen LogP contribution is 2.34. The predicted molar refractivity (Wildman–Crippen MR) is 136 cm³/mol. The van der Waals surface area contributed by atoms with Crippen LogP contribution >= 0.6 is 0 Å². The lowest BCUT2D eigenvalue weighted by Crippen LogP contribution is -2.47. The number of fused-ring (bicyclic) bond motifs is 1. The van der Waals surface area contributed by atoms with Crippen LogP contribution in [0, 0.1) is 25.6 Å². The van der Waals surface area contributed by atoms with Gasteiger partial charge in [-0.2, -0.15) is 13.2 Å². The number of nitrogens with two attached hydrogens (primary N) is 1. The summed E-state index contributed by atoms with van der Waals surface area (Å²) in [6.45, 7) is 3.19. The van der Waals surface area contributed by atoms with Gasteiger partial charge in [0.15, 0.2) is 0 Å². The lowest BCUT2D eigenvalue weighted by molar-refractivity contribution is -0.144. The van der Waals surface area contributed by atoms with Gasteiger partial charge in [-0.15, -0.1) is 0 Å². The Balaban J connectivity index is 1.75. The predicted octanol–water partition coefficient (Wildman–Crippen LogP) is 3.89. The smallest absolute Gasteiger partial charge is 0.369 e. The molecule has 0 radical (unpaired) electrons. The van der Waals surface area contributed by atoms with Crippen molar-refractivity contribution < 1.29 is 36.5 Å². The fourth-order valence-electron chi connectivity index (χ4n) is 4.59. The number of halogens is 4. The summed E-state index contributed by atoms with van der Waals surface area (Å²) in [6, 6.07) is 10.4. The van der Waals surface area contributed by atoms with E-state index in [1.165, 1.54) is 31.2 Å². The van der Waals surface area contributed by atoms with Crippen LogP contribution < -0.4 is 16.4 Å². The molecule has 13 heteroatoms. The maximum absolute atomic E-state index is 13.6. The van der Waals surface area contributed by atoms with Crippen LogP contribution in [0.15, 0.2) is 58.2 Å². The van der Waals surface area contributed by atoms with Crippen molar-refractivity contribution in [2.45, 2.75) is 44.9 Å². The van der Waals surface area contributed by atoms with Crippen LogP contribution in [0.4, 0.5) is 23.2 Å². The fraction of sp³-hybridized carbons (Fsp3) is 0.296. The largest absolute Gasteiger partial charge is 0.389 e. The number of amides is 3. The third-order valence-corrected chi connectivity index (χ3v) is 6.59. The molecule has 0 spiro atoms. The normalized spacial score (nSPS) is 16.7. The molecule has 3 atom stereocenters. The third-order valence-electron chi connectivity index (χ3n) is 6.59. The molecule has 0 bridgehead atoms. The van der Waals surface area contributed by atoms with Gasteiger partial charge < -0.3 is 20.9 Å². The monoisotopic (exact) mass is 559 g/mol. The summed E-state index contributed by atoms with van der Waals surface area (Å²) in [7, 11) is 0. The van der Waals surface area contributed by atoms with E-state index in [1.807, 2.05) is 0 Å². The van der Waals surface area contributed by atoms with Crippen molar-refractivity contribution in [3.05, 3.63) is 82.5 Å². The van der Waals surface area contributed by atoms with Gasteiger partial charge >= 0.3 is 6.18 Å². The Kier molecular flexibility index (Phi) is 8.03. The van der Waals surface area contributed by atoms with E-state index in [2.05, 4.69) is 20.8 Å². The molecule has 210 valence electrons. The molecule has 0 saturated heterocycles. The Morgan fingerprint density at radius 3 is 2.45 bits per heavy atom. The number of anilines is 1. The van der Waals surface area contributed by atoms with E-state index in [0.717, 1.165) is 6.26 Å². The summed E-state index contributed by atoms with van der Waals surface area (Å²) in [4.78, 5) is 43.6. The average Bonchev–Trinajstić information content (AvgIpc) is 3.23. The molecule has 9 nitrogen and oxygen atoms in total. The van der Waals surface area contributed by atoms with Crippen LogP contribution in [-0.2, 0) is 14.4 Å². The SMILES string of the molecule is Cc1cccc2c1NC(=O)C(NC(=O)[C@H](CCC(F)(F)F)[C@@H](C(N)=O)c1conc1C)N=C2c1ccc(F)cc1. The van der Waals surface area contributed by atoms with E-state index in [4.69, 9.17) is 10.3 Å². The number of benzene rings is 2. The van der Waals surface area contributed by atoms with Gasteiger partial charge in [-0.1, -0.05) is 23.4 Å². The van der Waals surface area contributed by atoms with Crippen molar-refractivity contribution in [1.82, 2.24) is 10.5 Å². The molecule has 3 amide bonds. The van der Waals surface area contributed by atoms with E-state index < -0.39 is 60.6 Å². The number of nitrogens with one attached hydrogen (secondary N) is 2. The molecule has 0 fully saturated rings. The molecule has 1 aliphatic rings. The second kappa shape index (κ2) is 11.3. The molecular formula is C27H25F4N5O4. The molecule has 2 heterocycles. The third kappa shape index (κ3) is 6.19. The van der Waals surface area contributed by atoms with Crippen molar-refractivity contribution in [3.63, 3.8) is 0 Å². The molecule has 4 rings (SSSR count). The summed E-state index contributed by atoms with van der Waals surface area (Å²) in [5.74, 6) is -6.57. The lowest BCUT2D eigenvalue weighted by Gasteiger charge is -2.25. The van der Waals surface area contributed by atoms with Gasteiger partial charge in [0.05, 0.1) is 28.9 Å². The van der Waals surface area contributed by atoms with Gasteiger partial charge in [-0.25, -0.2) is 9.38 Å². The highest BCUT2D eigenvalue weighted by Gasteiger charge is 2.40. The minimum absolute atomic E-state index is 0.0543. The number of carbonyl (C=O) groups excluding carboxylic acids is 3. The average molecular weight is 560 g/mol. The van der Waals surface area contributed by atoms with Gasteiger partial charge in [0.25, 0.3) is 5.91 Å². The van der Waals surface area contributed by atoms with Gasteiger partial charge in [-0.3, -0.25) is 14.4 Å². The molecule has 40 heavy (non-hydrogen) atoms. The van der Waals surface area contributed by atoms with E-state index >= 15 is 0 Å². The summed E-state index contributed by atoms with van der Waals surface area (Å²) in [5.41, 5.74) is 7.98. The first-order valence-electron chi connectivity index (χ1n) is 12.2. The molecule has 1 aromatic heterocycles. The topological polar surface area (TPSA) is 140 Å². The number of rotatable bonds is 8. The van der Waals surface area contributed by atoms with Crippen LogP contribution in [0.3, 0.4) is 0 Å². The zero-order valence-electron chi connectivity index (χ0n) is 21.4. The number of hydrogen-bond donors (Lipinski definition) is 3. The van der Waals surface area contributed by atoms with Crippen LogP contribution in [0.25, 0.3) is 0 Å². The van der Waals surface area contributed by atoms with Crippen LogP contribution in [0.1, 0.15) is 46.7 Å². The van der Waals surface area contributed by atoms with Crippen LogP contribution in [0.5, 0.6) is 0 Å². The number of aryl methyl sites for hydroxylation is 2. The zero-order chi connectivity index (χ0) is 29.2. The van der Waals surface area contributed by atoms with Gasteiger partial charge in [0.2, 0.25) is 18.0 Å². The number of aliphatic imine (C=N–C) groups is 1. The quantitative estimate of drug-likeness (QED) is 0.360. The van der Waals surface area contributed by atoms with Gasteiger partial charge in [0.1, 0.15) is 12.1 Å². The number of nitrogens with zero attached hydrogens (tertiary/aromatic N) is 2. The number of hydrogen-bond acceptors (Lipinski definition) is 6. The molecule has 2 aromatic carbocycles. The first-order chi connectivity index (χ1) is 18.9. The van der Waals surface area contributed by atoms with E-state index in [-0.39, 0.29) is 17.0 Å². The molecule has 3 aromatic rings. The number of benzodiazepines with no additional fused rings is 1. The van der Waals surface area contributed by atoms with Crippen molar-refractivity contribution >= 4 is 29.1 Å². The van der Waals surface area contributed by atoms with E-state index in [1.54, 1.807) is 25.1 Å². The van der Waals surface area contributed by atoms with Crippen molar-refractivity contribution in [2.75, 3.05) is 5.32 Å². The van der Waals surface area contributed by atoms with E-state index in [9.17, 15) is 31.9 Å². The Hall–Kier alpha value is -4.55. The molecule has 1 aliphatic heterocycles. The van der Waals surface area contributed by atoms with Crippen molar-refractivity contribution in [2.24, 2.45) is 16.6 Å². The summed E-state index contributed by atoms with van der Waals surface area (Å²) >= 11 is 0. The maximum atomic E-state index is 13.6. The summed E-state index contributed by atoms with van der Waals surface area (Å²) in [6.07, 6.45) is -7.41. The Morgan fingerprint density at radius 1 is 1.15 bits per heavy atom. The first-order valence-corrected chi connectivity index (χ1v) is 12.2. The second-order valence-corrected chi connectivity index (χ2v) is 9.38. The number of alkyl halides is 3. The molecule has 0 saturated carbocycles. The zero-order valence-corrected chi connectivity index (χ0v) is 21.4.